The van der Waals surface area contributed by atoms with Crippen LogP contribution in [0.2, 0.25) is 0 Å². The standard InChI is InChI=1S/C10H10O4/c1-6(11)8-4-3-7(10(12)13)5-9(8)14-2/h3-5H,1-2H3,(H,12,13). The highest BCUT2D eigenvalue weighted by Gasteiger charge is 2.11. The van der Waals surface area contributed by atoms with Gasteiger partial charge in [-0.1, -0.05) is 0 Å². The fourth-order valence-corrected chi connectivity index (χ4v) is 1.12. The predicted molar refractivity (Wildman–Crippen MR) is 50.0 cm³/mol. The van der Waals surface area contributed by atoms with E-state index in [0.29, 0.717) is 5.56 Å². The van der Waals surface area contributed by atoms with E-state index in [0.717, 1.165) is 0 Å². The molecule has 0 atom stereocenters. The average molecular weight is 194 g/mol. The van der Waals surface area contributed by atoms with Gasteiger partial charge in [0.2, 0.25) is 0 Å². The second-order valence-corrected chi connectivity index (χ2v) is 2.78. The summed E-state index contributed by atoms with van der Waals surface area (Å²) in [6.07, 6.45) is 0. The molecule has 4 heteroatoms. The highest BCUT2D eigenvalue weighted by molar-refractivity contribution is 5.98. The first-order valence-electron chi connectivity index (χ1n) is 3.98. The highest BCUT2D eigenvalue weighted by atomic mass is 16.5. The topological polar surface area (TPSA) is 63.6 Å². The number of rotatable bonds is 3. The molecule has 0 aliphatic rings. The van der Waals surface area contributed by atoms with E-state index in [4.69, 9.17) is 9.84 Å². The van der Waals surface area contributed by atoms with E-state index in [-0.39, 0.29) is 17.1 Å². The lowest BCUT2D eigenvalue weighted by molar-refractivity contribution is 0.0696. The van der Waals surface area contributed by atoms with Gasteiger partial charge in [0.1, 0.15) is 5.75 Å². The van der Waals surface area contributed by atoms with Gasteiger partial charge in [-0.25, -0.2) is 4.79 Å². The average Bonchev–Trinajstić information content (AvgIpc) is 2.16. The van der Waals surface area contributed by atoms with Crippen LogP contribution in [0.1, 0.15) is 27.6 Å². The molecular formula is C10H10O4. The fourth-order valence-electron chi connectivity index (χ4n) is 1.12. The summed E-state index contributed by atoms with van der Waals surface area (Å²) in [6.45, 7) is 1.40. The summed E-state index contributed by atoms with van der Waals surface area (Å²) in [4.78, 5) is 21.7. The molecule has 0 saturated heterocycles. The van der Waals surface area contributed by atoms with Gasteiger partial charge in [0.15, 0.2) is 5.78 Å². The summed E-state index contributed by atoms with van der Waals surface area (Å²) < 4.78 is 4.91. The molecule has 14 heavy (non-hydrogen) atoms. The SMILES string of the molecule is COc1cc(C(=O)O)ccc1C(C)=O. The molecule has 74 valence electrons. The van der Waals surface area contributed by atoms with Crippen molar-refractivity contribution in [2.45, 2.75) is 6.92 Å². The molecule has 0 spiro atoms. The second-order valence-electron chi connectivity index (χ2n) is 2.78. The molecule has 1 N–H and O–H groups in total. The van der Waals surface area contributed by atoms with Gasteiger partial charge < -0.3 is 9.84 Å². The van der Waals surface area contributed by atoms with Gasteiger partial charge in [-0.3, -0.25) is 4.79 Å². The lowest BCUT2D eigenvalue weighted by Crippen LogP contribution is -2.02. The Hall–Kier alpha value is -1.84. The molecule has 0 saturated carbocycles. The van der Waals surface area contributed by atoms with Crippen LogP contribution >= 0.6 is 0 Å². The number of hydrogen-bond acceptors (Lipinski definition) is 3. The Morgan fingerprint density at radius 1 is 1.36 bits per heavy atom. The normalized spacial score (nSPS) is 9.57. The van der Waals surface area contributed by atoms with Crippen LogP contribution in [-0.4, -0.2) is 24.0 Å². The van der Waals surface area contributed by atoms with Gasteiger partial charge >= 0.3 is 5.97 Å². The minimum Gasteiger partial charge on any atom is -0.496 e. The molecule has 4 nitrogen and oxygen atoms in total. The first-order valence-corrected chi connectivity index (χ1v) is 3.98. The monoisotopic (exact) mass is 194 g/mol. The Labute approximate surface area is 81.1 Å². The molecule has 0 bridgehead atoms. The Morgan fingerprint density at radius 3 is 2.43 bits per heavy atom. The zero-order chi connectivity index (χ0) is 10.7. The van der Waals surface area contributed by atoms with Crippen LogP contribution in [0.5, 0.6) is 5.75 Å². The summed E-state index contributed by atoms with van der Waals surface area (Å²) >= 11 is 0. The quantitative estimate of drug-likeness (QED) is 0.742. The molecule has 0 heterocycles. The minimum absolute atomic E-state index is 0.104. The van der Waals surface area contributed by atoms with Crippen molar-refractivity contribution in [1.29, 1.82) is 0 Å². The fraction of sp³-hybridized carbons (Fsp3) is 0.200. The van der Waals surface area contributed by atoms with Crippen LogP contribution in [0.3, 0.4) is 0 Å². The molecule has 0 amide bonds. The van der Waals surface area contributed by atoms with Crippen molar-refractivity contribution in [1.82, 2.24) is 0 Å². The maximum atomic E-state index is 11.1. The number of carbonyl (C=O) groups is 2. The number of hydrogen-bond donors (Lipinski definition) is 1. The maximum Gasteiger partial charge on any atom is 0.335 e. The third kappa shape index (κ3) is 1.90. The summed E-state index contributed by atoms with van der Waals surface area (Å²) in [6, 6.07) is 4.16. The van der Waals surface area contributed by atoms with Crippen LogP contribution in [-0.2, 0) is 0 Å². The number of benzene rings is 1. The first-order chi connectivity index (χ1) is 6.56. The van der Waals surface area contributed by atoms with Crippen molar-refractivity contribution in [2.24, 2.45) is 0 Å². The number of methoxy groups -OCH3 is 1. The second kappa shape index (κ2) is 3.91. The van der Waals surface area contributed by atoms with Crippen molar-refractivity contribution in [3.05, 3.63) is 29.3 Å². The number of aromatic carboxylic acids is 1. The number of Topliss-reactive ketones (excluding diaryl/α,β-unsaturated/α-hetero) is 1. The number of ether oxygens (including phenoxy) is 1. The number of carbonyl (C=O) groups excluding carboxylic acids is 1. The molecule has 1 aromatic carbocycles. The van der Waals surface area contributed by atoms with E-state index in [9.17, 15) is 9.59 Å². The van der Waals surface area contributed by atoms with Gasteiger partial charge in [-0.05, 0) is 25.1 Å². The highest BCUT2D eigenvalue weighted by Crippen LogP contribution is 2.20. The number of carboxylic acid groups (broad SMARTS) is 1. The largest absolute Gasteiger partial charge is 0.496 e. The molecule has 0 radical (unpaired) electrons. The summed E-state index contributed by atoms with van der Waals surface area (Å²) in [5.41, 5.74) is 0.490. The Kier molecular flexibility index (Phi) is 2.86. The molecule has 1 rings (SSSR count). The van der Waals surface area contributed by atoms with Crippen LogP contribution in [0, 0.1) is 0 Å². The van der Waals surface area contributed by atoms with Crippen molar-refractivity contribution < 1.29 is 19.4 Å². The van der Waals surface area contributed by atoms with Gasteiger partial charge in [-0.2, -0.15) is 0 Å². The van der Waals surface area contributed by atoms with Crippen molar-refractivity contribution in [2.75, 3.05) is 7.11 Å². The van der Waals surface area contributed by atoms with Crippen molar-refractivity contribution in [3.63, 3.8) is 0 Å². The number of ketones is 1. The molecule has 0 unspecified atom stereocenters. The van der Waals surface area contributed by atoms with Crippen LogP contribution in [0.4, 0.5) is 0 Å². The summed E-state index contributed by atoms with van der Waals surface area (Å²) in [5, 5.41) is 8.69. The van der Waals surface area contributed by atoms with Crippen LogP contribution < -0.4 is 4.74 Å². The molecule has 0 fully saturated rings. The van der Waals surface area contributed by atoms with E-state index in [2.05, 4.69) is 0 Å². The molecule has 0 aliphatic heterocycles. The smallest absolute Gasteiger partial charge is 0.335 e. The van der Waals surface area contributed by atoms with E-state index >= 15 is 0 Å². The Balaban J connectivity index is 3.25. The zero-order valence-corrected chi connectivity index (χ0v) is 7.90. The maximum absolute atomic E-state index is 11.1. The molecule has 1 aromatic rings. The molecular weight excluding hydrogens is 184 g/mol. The lowest BCUT2D eigenvalue weighted by atomic mass is 10.1. The van der Waals surface area contributed by atoms with E-state index in [1.807, 2.05) is 0 Å². The molecule has 0 aromatic heterocycles. The first kappa shape index (κ1) is 10.2. The summed E-state index contributed by atoms with van der Waals surface area (Å²) in [5.74, 6) is -0.908. The Morgan fingerprint density at radius 2 is 2.00 bits per heavy atom. The van der Waals surface area contributed by atoms with Crippen LogP contribution in [0.15, 0.2) is 18.2 Å². The van der Waals surface area contributed by atoms with E-state index in [1.165, 1.54) is 32.2 Å². The summed E-state index contributed by atoms with van der Waals surface area (Å²) in [7, 11) is 1.40. The third-order valence-electron chi connectivity index (χ3n) is 1.83. The third-order valence-corrected chi connectivity index (χ3v) is 1.83. The Bertz CT molecular complexity index is 382. The lowest BCUT2D eigenvalue weighted by Gasteiger charge is -2.05. The van der Waals surface area contributed by atoms with Crippen molar-refractivity contribution in [3.8, 4) is 5.75 Å². The predicted octanol–water partition coefficient (Wildman–Crippen LogP) is 1.60. The minimum atomic E-state index is -1.04. The van der Waals surface area contributed by atoms with Gasteiger partial charge in [0.25, 0.3) is 0 Å². The zero-order valence-electron chi connectivity index (χ0n) is 7.90. The van der Waals surface area contributed by atoms with Gasteiger partial charge in [0.05, 0.1) is 18.2 Å². The van der Waals surface area contributed by atoms with Crippen LogP contribution in [0.25, 0.3) is 0 Å². The molecule has 0 aliphatic carbocycles. The van der Waals surface area contributed by atoms with E-state index in [1.54, 1.807) is 0 Å². The van der Waals surface area contributed by atoms with Gasteiger partial charge in [0, 0.05) is 0 Å². The van der Waals surface area contributed by atoms with Gasteiger partial charge in [-0.15, -0.1) is 0 Å². The number of carboxylic acids is 1. The van der Waals surface area contributed by atoms with E-state index < -0.39 is 5.97 Å². The van der Waals surface area contributed by atoms with Crippen molar-refractivity contribution >= 4 is 11.8 Å².